The zero-order valence-corrected chi connectivity index (χ0v) is 12.5. The Morgan fingerprint density at radius 2 is 1.95 bits per heavy atom. The Hall–Kier alpha value is -2.46. The van der Waals surface area contributed by atoms with Gasteiger partial charge in [-0.15, -0.1) is 21.8 Å². The summed E-state index contributed by atoms with van der Waals surface area (Å²) < 4.78 is 1.99. The van der Waals surface area contributed by atoms with E-state index in [0.717, 1.165) is 33.9 Å². The van der Waals surface area contributed by atoms with Gasteiger partial charge in [-0.1, -0.05) is 36.4 Å². The van der Waals surface area contributed by atoms with E-state index in [2.05, 4.69) is 34.5 Å². The van der Waals surface area contributed by atoms with Crippen molar-refractivity contribution in [1.29, 1.82) is 0 Å². The van der Waals surface area contributed by atoms with E-state index < -0.39 is 0 Å². The van der Waals surface area contributed by atoms with Crippen molar-refractivity contribution in [3.05, 3.63) is 77.4 Å². The Kier molecular flexibility index (Phi) is 3.24. The highest BCUT2D eigenvalue weighted by molar-refractivity contribution is 6.18. The molecule has 0 bridgehead atoms. The smallest absolute Gasteiger partial charge is 0.159 e. The Bertz CT molecular complexity index is 852. The van der Waals surface area contributed by atoms with E-state index >= 15 is 0 Å². The monoisotopic (exact) mass is 308 g/mol. The Morgan fingerprint density at radius 3 is 2.77 bits per heavy atom. The van der Waals surface area contributed by atoms with Gasteiger partial charge in [-0.25, -0.2) is 0 Å². The van der Waals surface area contributed by atoms with Crippen LogP contribution in [0.1, 0.15) is 22.5 Å². The molecular formula is C17H13ClN4. The number of fused-ring (bicyclic) bond motifs is 3. The fourth-order valence-corrected chi connectivity index (χ4v) is 2.88. The Balaban J connectivity index is 1.98. The number of benzene rings is 2. The van der Waals surface area contributed by atoms with Gasteiger partial charge in [-0.05, 0) is 17.7 Å². The van der Waals surface area contributed by atoms with Gasteiger partial charge in [0, 0.05) is 17.0 Å². The van der Waals surface area contributed by atoms with Crippen LogP contribution in [0.3, 0.4) is 0 Å². The van der Waals surface area contributed by atoms with Crippen LogP contribution < -0.4 is 0 Å². The van der Waals surface area contributed by atoms with Gasteiger partial charge in [0.05, 0.1) is 11.4 Å². The fraction of sp³-hybridized carbons (Fsp3) is 0.118. The van der Waals surface area contributed by atoms with E-state index in [1.807, 2.05) is 28.8 Å². The summed E-state index contributed by atoms with van der Waals surface area (Å²) in [7, 11) is 0. The molecule has 0 atom stereocenters. The van der Waals surface area contributed by atoms with Crippen molar-refractivity contribution in [1.82, 2.24) is 14.8 Å². The first-order valence-electron chi connectivity index (χ1n) is 7.05. The van der Waals surface area contributed by atoms with Gasteiger partial charge in [-0.2, -0.15) is 0 Å². The number of rotatable bonds is 2. The molecule has 1 aliphatic heterocycles. The van der Waals surface area contributed by atoms with Gasteiger partial charge in [-0.3, -0.25) is 9.56 Å². The van der Waals surface area contributed by atoms with Crippen LogP contribution in [0.5, 0.6) is 0 Å². The normalized spacial score (nSPS) is 13.0. The second-order valence-electron chi connectivity index (χ2n) is 5.13. The molecule has 0 aliphatic carbocycles. The summed E-state index contributed by atoms with van der Waals surface area (Å²) in [6, 6.07) is 16.4. The average Bonchev–Trinajstić information content (AvgIpc) is 2.98. The van der Waals surface area contributed by atoms with Crippen LogP contribution in [0.2, 0.25) is 0 Å². The number of halogens is 1. The number of aromatic nitrogens is 3. The van der Waals surface area contributed by atoms with Crippen molar-refractivity contribution in [2.75, 3.05) is 0 Å². The minimum Gasteiger partial charge on any atom is -0.283 e. The van der Waals surface area contributed by atoms with Crippen LogP contribution >= 0.6 is 11.6 Å². The zero-order chi connectivity index (χ0) is 14.9. The molecule has 0 fully saturated rings. The van der Waals surface area contributed by atoms with Gasteiger partial charge in [0.15, 0.2) is 5.82 Å². The molecule has 5 heteroatoms. The summed E-state index contributed by atoms with van der Waals surface area (Å²) in [6.45, 7) is 0.509. The van der Waals surface area contributed by atoms with E-state index in [1.54, 1.807) is 6.33 Å². The second kappa shape index (κ2) is 5.39. The Labute approximate surface area is 133 Å². The SMILES string of the molecule is ClCc1ccc2c(c1)C(c1ccccc1)=NCc1nncn1-2. The lowest BCUT2D eigenvalue weighted by Crippen LogP contribution is -2.07. The van der Waals surface area contributed by atoms with Crippen LogP contribution in [0, 0.1) is 0 Å². The van der Waals surface area contributed by atoms with E-state index in [-0.39, 0.29) is 0 Å². The number of alkyl halides is 1. The highest BCUT2D eigenvalue weighted by Gasteiger charge is 2.19. The van der Waals surface area contributed by atoms with Gasteiger partial charge >= 0.3 is 0 Å². The average molecular weight is 309 g/mol. The maximum absolute atomic E-state index is 6.01. The molecule has 108 valence electrons. The topological polar surface area (TPSA) is 43.1 Å². The van der Waals surface area contributed by atoms with Crippen molar-refractivity contribution in [2.45, 2.75) is 12.4 Å². The predicted molar refractivity (Wildman–Crippen MR) is 86.7 cm³/mol. The molecule has 2 aromatic carbocycles. The van der Waals surface area contributed by atoms with E-state index in [1.165, 1.54) is 0 Å². The van der Waals surface area contributed by atoms with Crippen LogP contribution in [0.25, 0.3) is 5.69 Å². The number of hydrogen-bond donors (Lipinski definition) is 0. The van der Waals surface area contributed by atoms with Crippen molar-refractivity contribution >= 4 is 17.3 Å². The molecule has 0 amide bonds. The molecule has 2 heterocycles. The lowest BCUT2D eigenvalue weighted by molar-refractivity contribution is 0.870. The molecule has 1 aromatic heterocycles. The van der Waals surface area contributed by atoms with Gasteiger partial charge in [0.2, 0.25) is 0 Å². The standard InChI is InChI=1S/C17H13ClN4/c18-9-12-6-7-15-14(8-12)17(13-4-2-1-3-5-13)19-10-16-21-20-11-22(15)16/h1-8,11H,9-10H2. The number of hydrogen-bond acceptors (Lipinski definition) is 3. The van der Waals surface area contributed by atoms with Crippen molar-refractivity contribution in [3.8, 4) is 5.69 Å². The summed E-state index contributed by atoms with van der Waals surface area (Å²) in [4.78, 5) is 4.77. The van der Waals surface area contributed by atoms with Gasteiger partial charge in [0.1, 0.15) is 12.9 Å². The first-order valence-corrected chi connectivity index (χ1v) is 7.58. The molecule has 1 aliphatic rings. The molecule has 4 rings (SSSR count). The summed E-state index contributed by atoms with van der Waals surface area (Å²) in [6.07, 6.45) is 1.73. The van der Waals surface area contributed by atoms with Crippen LogP contribution in [-0.2, 0) is 12.4 Å². The van der Waals surface area contributed by atoms with Gasteiger partial charge < -0.3 is 0 Å². The van der Waals surface area contributed by atoms with Crippen molar-refractivity contribution < 1.29 is 0 Å². The second-order valence-corrected chi connectivity index (χ2v) is 5.40. The third-order valence-electron chi connectivity index (χ3n) is 3.77. The first kappa shape index (κ1) is 13.2. The fourth-order valence-electron chi connectivity index (χ4n) is 2.71. The summed E-state index contributed by atoms with van der Waals surface area (Å²) in [5.74, 6) is 1.32. The van der Waals surface area contributed by atoms with Crippen molar-refractivity contribution in [2.24, 2.45) is 4.99 Å². The number of aliphatic imine (C=N–C) groups is 1. The maximum atomic E-state index is 6.01. The first-order chi connectivity index (χ1) is 10.9. The minimum absolute atomic E-state index is 0.477. The molecule has 0 N–H and O–H groups in total. The summed E-state index contributed by atoms with van der Waals surface area (Å²) in [5.41, 5.74) is 5.22. The van der Waals surface area contributed by atoms with Crippen LogP contribution in [-0.4, -0.2) is 20.5 Å². The molecule has 0 saturated carbocycles. The van der Waals surface area contributed by atoms with Crippen molar-refractivity contribution in [3.63, 3.8) is 0 Å². The van der Waals surface area contributed by atoms with Crippen LogP contribution in [0.4, 0.5) is 0 Å². The highest BCUT2D eigenvalue weighted by Crippen LogP contribution is 2.25. The zero-order valence-electron chi connectivity index (χ0n) is 11.8. The third-order valence-corrected chi connectivity index (χ3v) is 4.08. The highest BCUT2D eigenvalue weighted by atomic mass is 35.5. The largest absolute Gasteiger partial charge is 0.283 e. The Morgan fingerprint density at radius 1 is 1.09 bits per heavy atom. The van der Waals surface area contributed by atoms with E-state index in [4.69, 9.17) is 16.6 Å². The molecule has 0 saturated heterocycles. The molecule has 3 aromatic rings. The maximum Gasteiger partial charge on any atom is 0.159 e. The van der Waals surface area contributed by atoms with E-state index in [0.29, 0.717) is 12.4 Å². The molecule has 0 radical (unpaired) electrons. The quantitative estimate of drug-likeness (QED) is 0.681. The van der Waals surface area contributed by atoms with Crippen LogP contribution in [0.15, 0.2) is 59.9 Å². The van der Waals surface area contributed by atoms with E-state index in [9.17, 15) is 0 Å². The lowest BCUT2D eigenvalue weighted by atomic mass is 9.99. The molecule has 0 unspecified atom stereocenters. The molecule has 22 heavy (non-hydrogen) atoms. The molecular weight excluding hydrogens is 296 g/mol. The predicted octanol–water partition coefficient (Wildman–Crippen LogP) is 3.36. The molecule has 4 nitrogen and oxygen atoms in total. The van der Waals surface area contributed by atoms with Gasteiger partial charge in [0.25, 0.3) is 0 Å². The number of nitrogens with zero attached hydrogens (tertiary/aromatic N) is 4. The third kappa shape index (κ3) is 2.12. The molecule has 0 spiro atoms. The summed E-state index contributed by atoms with van der Waals surface area (Å²) >= 11 is 6.01. The summed E-state index contributed by atoms with van der Waals surface area (Å²) in [5, 5.41) is 8.17. The minimum atomic E-state index is 0.477. The lowest BCUT2D eigenvalue weighted by Gasteiger charge is -2.12.